The first-order valence-electron chi connectivity index (χ1n) is 7.54. The van der Waals surface area contributed by atoms with Gasteiger partial charge in [-0.1, -0.05) is 12.1 Å². The molecule has 0 atom stereocenters. The second kappa shape index (κ2) is 8.19. The van der Waals surface area contributed by atoms with E-state index in [-0.39, 0.29) is 5.56 Å². The average Bonchev–Trinajstić information content (AvgIpc) is 2.60. The van der Waals surface area contributed by atoms with Crippen LogP contribution >= 0.6 is 0 Å². The third kappa shape index (κ3) is 6.27. The minimum Gasteiger partial charge on any atom is -0.272 e. The molecule has 0 radical (unpaired) electrons. The van der Waals surface area contributed by atoms with E-state index in [4.69, 9.17) is 0 Å². The molecule has 1 aromatic heterocycles. The topological polar surface area (TPSA) is 88.5 Å². The molecule has 6 nitrogen and oxygen atoms in total. The molecule has 1 aromatic carbocycles. The lowest BCUT2D eigenvalue weighted by molar-refractivity contribution is -0.138. The quantitative estimate of drug-likeness (QED) is 0.441. The molecule has 1 N–H and O–H groups in total. The van der Waals surface area contributed by atoms with E-state index in [0.717, 1.165) is 24.4 Å². The van der Waals surface area contributed by atoms with E-state index in [1.54, 1.807) is 0 Å². The van der Waals surface area contributed by atoms with E-state index < -0.39 is 50.0 Å². The van der Waals surface area contributed by atoms with E-state index in [9.17, 15) is 39.6 Å². The highest BCUT2D eigenvalue weighted by atomic mass is 32.2. The third-order valence-corrected chi connectivity index (χ3v) is 4.84. The number of pyridine rings is 1. The molecule has 0 spiro atoms. The second-order valence-electron chi connectivity index (χ2n) is 5.56. The van der Waals surface area contributed by atoms with Gasteiger partial charge in [0.1, 0.15) is 5.75 Å². The van der Waals surface area contributed by atoms with Crippen LogP contribution in [-0.4, -0.2) is 31.3 Å². The van der Waals surface area contributed by atoms with E-state index >= 15 is 0 Å². The van der Waals surface area contributed by atoms with E-state index in [1.165, 1.54) is 6.07 Å². The molecule has 13 heteroatoms. The maximum atomic E-state index is 12.6. The molecule has 0 bridgehead atoms. The van der Waals surface area contributed by atoms with E-state index in [2.05, 4.69) is 10.1 Å². The molecule has 2 aromatic rings. The Hall–Kier alpha value is -2.96. The molecule has 1 amide bonds. The summed E-state index contributed by atoms with van der Waals surface area (Å²) in [6.07, 6.45) is -8.09. The van der Waals surface area contributed by atoms with Crippen LogP contribution in [0.1, 0.15) is 16.7 Å². The Morgan fingerprint density at radius 2 is 1.69 bits per heavy atom. The highest BCUT2D eigenvalue weighted by molar-refractivity contribution is 7.92. The van der Waals surface area contributed by atoms with Crippen molar-refractivity contribution in [2.75, 3.05) is 5.75 Å². The normalized spacial score (nSPS) is 12.9. The number of hydrogen-bond acceptors (Lipinski definition) is 5. The molecule has 1 heterocycles. The van der Waals surface area contributed by atoms with Gasteiger partial charge in [0.05, 0.1) is 17.3 Å². The summed E-state index contributed by atoms with van der Waals surface area (Å²) in [4.78, 5) is 14.9. The first-order valence-corrected chi connectivity index (χ1v) is 9.19. The Bertz CT molecular complexity index is 1020. The lowest BCUT2D eigenvalue weighted by Gasteiger charge is -2.07. The van der Waals surface area contributed by atoms with Crippen molar-refractivity contribution >= 4 is 22.0 Å². The fourth-order valence-electron chi connectivity index (χ4n) is 1.98. The number of aromatic nitrogens is 1. The van der Waals surface area contributed by atoms with Crippen molar-refractivity contribution in [1.29, 1.82) is 0 Å². The molecule has 2 rings (SSSR count). The van der Waals surface area contributed by atoms with Gasteiger partial charge in [-0.05, 0) is 29.8 Å². The monoisotopic (exact) mass is 439 g/mol. The second-order valence-corrected chi connectivity index (χ2v) is 7.49. The number of carbonyl (C=O) groups is 1. The Balaban J connectivity index is 2.02. The number of rotatable bonds is 5. The van der Waals surface area contributed by atoms with Gasteiger partial charge >= 0.3 is 12.4 Å². The van der Waals surface area contributed by atoms with Crippen LogP contribution in [0.15, 0.2) is 52.7 Å². The lowest BCUT2D eigenvalue weighted by atomic mass is 10.1. The number of nitrogens with zero attached hydrogens (tertiary/aromatic N) is 2. The van der Waals surface area contributed by atoms with Gasteiger partial charge < -0.3 is 0 Å². The standard InChI is InChI=1S/C16H11F6N3O3S/c17-15(18,19)11-3-1-2-10(6-11)7-24-25-13(26)9-29(27,28)14-5-4-12(8-23-14)16(20,21)22/h1-8H,9H2,(H,25,26)/b24-7+. The fraction of sp³-hybridized carbons (Fsp3) is 0.188. The van der Waals surface area contributed by atoms with Crippen molar-refractivity contribution in [3.8, 4) is 0 Å². The zero-order chi connectivity index (χ0) is 21.9. The molecule has 0 fully saturated rings. The minimum atomic E-state index is -4.70. The zero-order valence-electron chi connectivity index (χ0n) is 14.1. The summed E-state index contributed by atoms with van der Waals surface area (Å²) in [7, 11) is -4.36. The molecule has 156 valence electrons. The summed E-state index contributed by atoms with van der Waals surface area (Å²) in [6, 6.07) is 5.10. The Labute approximate surface area is 160 Å². The van der Waals surface area contributed by atoms with Gasteiger partial charge in [0, 0.05) is 6.20 Å². The number of halogens is 6. The number of hydrogen-bond donors (Lipinski definition) is 1. The van der Waals surface area contributed by atoms with Crippen molar-refractivity contribution in [1.82, 2.24) is 10.4 Å². The summed E-state index contributed by atoms with van der Waals surface area (Å²) in [5.41, 5.74) is -0.295. The SMILES string of the molecule is O=C(CS(=O)(=O)c1ccc(C(F)(F)F)cn1)N/N=C/c1cccc(C(F)(F)F)c1. The van der Waals surface area contributed by atoms with Crippen molar-refractivity contribution < 1.29 is 39.6 Å². The van der Waals surface area contributed by atoms with Gasteiger partial charge in [0.15, 0.2) is 5.03 Å². The number of sulfone groups is 1. The third-order valence-electron chi connectivity index (χ3n) is 3.32. The summed E-state index contributed by atoms with van der Waals surface area (Å²) in [5.74, 6) is -2.33. The molecule has 0 unspecified atom stereocenters. The van der Waals surface area contributed by atoms with Crippen molar-refractivity contribution in [2.45, 2.75) is 17.4 Å². The van der Waals surface area contributed by atoms with Gasteiger partial charge in [0.25, 0.3) is 5.91 Å². The Morgan fingerprint density at radius 3 is 2.24 bits per heavy atom. The summed E-state index contributed by atoms with van der Waals surface area (Å²) in [6.45, 7) is 0. The van der Waals surface area contributed by atoms with Crippen LogP contribution in [0, 0.1) is 0 Å². The van der Waals surface area contributed by atoms with Gasteiger partial charge in [-0.15, -0.1) is 0 Å². The zero-order valence-corrected chi connectivity index (χ0v) is 14.9. The molecule has 0 aliphatic heterocycles. The predicted molar refractivity (Wildman–Crippen MR) is 88.5 cm³/mol. The highest BCUT2D eigenvalue weighted by Gasteiger charge is 2.32. The van der Waals surface area contributed by atoms with Gasteiger partial charge in [-0.2, -0.15) is 31.4 Å². The van der Waals surface area contributed by atoms with Crippen LogP contribution in [0.25, 0.3) is 0 Å². The highest BCUT2D eigenvalue weighted by Crippen LogP contribution is 2.29. The maximum absolute atomic E-state index is 12.6. The molecular weight excluding hydrogens is 428 g/mol. The van der Waals surface area contributed by atoms with Crippen LogP contribution < -0.4 is 5.43 Å². The van der Waals surface area contributed by atoms with E-state index in [0.29, 0.717) is 18.3 Å². The maximum Gasteiger partial charge on any atom is 0.417 e. The van der Waals surface area contributed by atoms with Gasteiger partial charge in [-0.3, -0.25) is 4.79 Å². The first kappa shape index (κ1) is 22.3. The number of nitrogens with one attached hydrogen (secondary N) is 1. The van der Waals surface area contributed by atoms with E-state index in [1.807, 2.05) is 5.43 Å². The molecular formula is C16H11F6N3O3S. The summed E-state index contributed by atoms with van der Waals surface area (Å²) in [5, 5.41) is 2.62. The fourth-order valence-corrected chi connectivity index (χ4v) is 3.03. The van der Waals surface area contributed by atoms with Crippen LogP contribution in [0.3, 0.4) is 0 Å². The number of carbonyl (C=O) groups excluding carboxylic acids is 1. The van der Waals surface area contributed by atoms with Crippen molar-refractivity contribution in [3.05, 3.63) is 59.3 Å². The molecule has 0 saturated carbocycles. The number of hydrazone groups is 1. The minimum absolute atomic E-state index is 0.00705. The largest absolute Gasteiger partial charge is 0.417 e. The first-order chi connectivity index (χ1) is 13.3. The van der Waals surface area contributed by atoms with Crippen LogP contribution in [0.5, 0.6) is 0 Å². The summed E-state index contributed by atoms with van der Waals surface area (Å²) >= 11 is 0. The summed E-state index contributed by atoms with van der Waals surface area (Å²) < 4.78 is 99.2. The number of alkyl halides is 6. The van der Waals surface area contributed by atoms with Crippen LogP contribution in [-0.2, 0) is 27.0 Å². The van der Waals surface area contributed by atoms with Crippen LogP contribution in [0.4, 0.5) is 26.3 Å². The van der Waals surface area contributed by atoms with Gasteiger partial charge in [-0.25, -0.2) is 18.8 Å². The van der Waals surface area contributed by atoms with Gasteiger partial charge in [0.2, 0.25) is 9.84 Å². The Kier molecular flexibility index (Phi) is 6.30. The van der Waals surface area contributed by atoms with Crippen LogP contribution in [0.2, 0.25) is 0 Å². The smallest absolute Gasteiger partial charge is 0.272 e. The lowest BCUT2D eigenvalue weighted by Crippen LogP contribution is -2.27. The van der Waals surface area contributed by atoms with Crippen molar-refractivity contribution in [3.63, 3.8) is 0 Å². The molecule has 0 aliphatic rings. The molecule has 29 heavy (non-hydrogen) atoms. The Morgan fingerprint density at radius 1 is 1.03 bits per heavy atom. The average molecular weight is 439 g/mol. The molecule has 0 aliphatic carbocycles. The number of amides is 1. The van der Waals surface area contributed by atoms with Crippen molar-refractivity contribution in [2.24, 2.45) is 5.10 Å². The predicted octanol–water partition coefficient (Wildman–Crippen LogP) is 3.04. The number of benzene rings is 1. The molecule has 0 saturated heterocycles.